The first-order valence-corrected chi connectivity index (χ1v) is 8.08. The van der Waals surface area contributed by atoms with Gasteiger partial charge in [-0.2, -0.15) is 0 Å². The van der Waals surface area contributed by atoms with Crippen LogP contribution in [0.2, 0.25) is 0 Å². The van der Waals surface area contributed by atoms with Gasteiger partial charge in [-0.15, -0.1) is 0 Å². The molecule has 2 fully saturated rings. The zero-order valence-electron chi connectivity index (χ0n) is 13.1. The van der Waals surface area contributed by atoms with E-state index in [1.54, 1.807) is 6.20 Å². The number of hydrogen-bond acceptors (Lipinski definition) is 4. The van der Waals surface area contributed by atoms with E-state index in [4.69, 9.17) is 4.74 Å². The summed E-state index contributed by atoms with van der Waals surface area (Å²) in [7, 11) is 2.07. The van der Waals surface area contributed by atoms with Crippen LogP contribution in [0.15, 0.2) is 12.4 Å². The number of nitrogens with one attached hydrogen (secondary N) is 2. The number of hydrogen-bond donors (Lipinski definition) is 2. The van der Waals surface area contributed by atoms with Crippen molar-refractivity contribution in [3.63, 3.8) is 0 Å². The summed E-state index contributed by atoms with van der Waals surface area (Å²) in [4.78, 5) is 23.9. The molecule has 2 amide bonds. The lowest BCUT2D eigenvalue weighted by atomic mass is 10.1. The van der Waals surface area contributed by atoms with Crippen LogP contribution in [0.25, 0.3) is 0 Å². The van der Waals surface area contributed by atoms with E-state index in [2.05, 4.69) is 27.2 Å². The van der Waals surface area contributed by atoms with E-state index in [0.717, 1.165) is 44.8 Å². The highest BCUT2D eigenvalue weighted by Gasteiger charge is 2.29. The molecule has 0 spiro atoms. The first kappa shape index (κ1) is 15.3. The Morgan fingerprint density at radius 1 is 1.55 bits per heavy atom. The van der Waals surface area contributed by atoms with Crippen molar-refractivity contribution in [3.05, 3.63) is 18.2 Å². The van der Waals surface area contributed by atoms with Crippen LogP contribution in [0.3, 0.4) is 0 Å². The molecule has 122 valence electrons. The Hall–Kier alpha value is -1.60. The molecule has 2 saturated heterocycles. The van der Waals surface area contributed by atoms with E-state index in [9.17, 15) is 4.79 Å². The summed E-state index contributed by atoms with van der Waals surface area (Å²) in [6.45, 7) is 3.81. The molecule has 2 aliphatic heterocycles. The van der Waals surface area contributed by atoms with Crippen molar-refractivity contribution in [2.45, 2.75) is 31.4 Å². The lowest BCUT2D eigenvalue weighted by molar-refractivity contribution is 0.0975. The Morgan fingerprint density at radius 2 is 2.45 bits per heavy atom. The third kappa shape index (κ3) is 3.59. The zero-order chi connectivity index (χ0) is 15.4. The second kappa shape index (κ2) is 7.11. The van der Waals surface area contributed by atoms with Gasteiger partial charge < -0.3 is 19.9 Å². The van der Waals surface area contributed by atoms with Gasteiger partial charge in [0.05, 0.1) is 12.1 Å². The van der Waals surface area contributed by atoms with Gasteiger partial charge in [0.1, 0.15) is 5.82 Å². The minimum absolute atomic E-state index is 0.0163. The summed E-state index contributed by atoms with van der Waals surface area (Å²) in [5.41, 5.74) is 0. The number of aromatic amines is 1. The monoisotopic (exact) mass is 307 g/mol. The lowest BCUT2D eigenvalue weighted by Crippen LogP contribution is -2.52. The van der Waals surface area contributed by atoms with Gasteiger partial charge in [0, 0.05) is 45.2 Å². The Bertz CT molecular complexity index is 472. The number of carbonyl (C=O) groups excluding carboxylic acids is 1. The van der Waals surface area contributed by atoms with Crippen LogP contribution in [0, 0.1) is 0 Å². The largest absolute Gasteiger partial charge is 0.378 e. The highest BCUT2D eigenvalue weighted by Crippen LogP contribution is 2.21. The molecule has 0 aromatic carbocycles. The second-order valence-corrected chi connectivity index (χ2v) is 6.07. The van der Waals surface area contributed by atoms with Crippen LogP contribution in [-0.2, 0) is 4.74 Å². The third-order valence-electron chi connectivity index (χ3n) is 4.54. The van der Waals surface area contributed by atoms with E-state index in [-0.39, 0.29) is 12.1 Å². The number of imidazole rings is 1. The molecule has 1 aromatic heterocycles. The normalized spacial score (nSPS) is 26.3. The number of likely N-dealkylation sites (N-methyl/N-ethyl adjacent to an activating group) is 1. The van der Waals surface area contributed by atoms with Crippen molar-refractivity contribution in [1.29, 1.82) is 0 Å². The molecule has 1 aromatic rings. The van der Waals surface area contributed by atoms with Crippen LogP contribution in [0.4, 0.5) is 4.79 Å². The van der Waals surface area contributed by atoms with Crippen LogP contribution < -0.4 is 5.32 Å². The van der Waals surface area contributed by atoms with Gasteiger partial charge in [-0.25, -0.2) is 9.78 Å². The minimum atomic E-state index is 0.0163. The van der Waals surface area contributed by atoms with Crippen molar-refractivity contribution < 1.29 is 9.53 Å². The van der Waals surface area contributed by atoms with Crippen molar-refractivity contribution >= 4 is 6.03 Å². The number of aromatic nitrogens is 2. The Balaban J connectivity index is 1.47. The van der Waals surface area contributed by atoms with Gasteiger partial charge in [-0.1, -0.05) is 0 Å². The number of piperazine rings is 1. The van der Waals surface area contributed by atoms with E-state index in [1.165, 1.54) is 0 Å². The average molecular weight is 307 g/mol. The fourth-order valence-corrected chi connectivity index (χ4v) is 3.14. The van der Waals surface area contributed by atoms with Crippen molar-refractivity contribution in [2.24, 2.45) is 0 Å². The zero-order valence-corrected chi connectivity index (χ0v) is 13.1. The molecule has 2 N–H and O–H groups in total. The molecule has 7 nitrogen and oxygen atoms in total. The van der Waals surface area contributed by atoms with Gasteiger partial charge in [0.25, 0.3) is 0 Å². The summed E-state index contributed by atoms with van der Waals surface area (Å²) < 4.78 is 5.58. The molecular formula is C15H25N5O2. The van der Waals surface area contributed by atoms with E-state index in [0.29, 0.717) is 19.2 Å². The van der Waals surface area contributed by atoms with Gasteiger partial charge in [-0.3, -0.25) is 4.90 Å². The van der Waals surface area contributed by atoms with Gasteiger partial charge in [0.2, 0.25) is 0 Å². The summed E-state index contributed by atoms with van der Waals surface area (Å²) in [6, 6.07) is 0.148. The standard InChI is InChI=1S/C15H25N5O2/c1-19-8-9-20(11-13(19)14-16-6-7-17-14)15(21)18-5-4-12-3-2-10-22-12/h6-7,12-13H,2-5,8-11H2,1H3,(H,16,17)(H,18,21)/t12-,13+/m1/s1. The maximum absolute atomic E-state index is 12.3. The minimum Gasteiger partial charge on any atom is -0.378 e. The number of amides is 2. The molecule has 3 heterocycles. The molecule has 22 heavy (non-hydrogen) atoms. The second-order valence-electron chi connectivity index (χ2n) is 6.07. The molecule has 0 aliphatic carbocycles. The number of ether oxygens (including phenoxy) is 1. The fourth-order valence-electron chi connectivity index (χ4n) is 3.14. The van der Waals surface area contributed by atoms with E-state index >= 15 is 0 Å². The van der Waals surface area contributed by atoms with Gasteiger partial charge >= 0.3 is 6.03 Å². The molecule has 0 unspecified atom stereocenters. The van der Waals surface area contributed by atoms with Crippen molar-refractivity contribution in [3.8, 4) is 0 Å². The van der Waals surface area contributed by atoms with Gasteiger partial charge in [-0.05, 0) is 26.3 Å². The smallest absolute Gasteiger partial charge is 0.317 e. The quantitative estimate of drug-likeness (QED) is 0.869. The molecule has 2 aliphatic rings. The summed E-state index contributed by atoms with van der Waals surface area (Å²) in [5, 5.41) is 3.02. The molecular weight excluding hydrogens is 282 g/mol. The maximum atomic E-state index is 12.3. The molecule has 0 radical (unpaired) electrons. The summed E-state index contributed by atoms with van der Waals surface area (Å²) >= 11 is 0. The predicted molar refractivity (Wildman–Crippen MR) is 82.5 cm³/mol. The molecule has 2 atom stereocenters. The van der Waals surface area contributed by atoms with Crippen LogP contribution in [0.5, 0.6) is 0 Å². The Morgan fingerprint density at radius 3 is 3.18 bits per heavy atom. The SMILES string of the molecule is CN1CCN(C(=O)NCC[C@H]2CCCO2)C[C@H]1c1ncc[nH]1. The highest BCUT2D eigenvalue weighted by atomic mass is 16.5. The predicted octanol–water partition coefficient (Wildman–Crippen LogP) is 0.977. The van der Waals surface area contributed by atoms with Crippen LogP contribution >= 0.6 is 0 Å². The van der Waals surface area contributed by atoms with E-state index in [1.807, 2.05) is 11.1 Å². The topological polar surface area (TPSA) is 73.5 Å². The number of H-pyrrole nitrogens is 1. The van der Waals surface area contributed by atoms with Crippen molar-refractivity contribution in [1.82, 2.24) is 25.1 Å². The molecule has 0 saturated carbocycles. The van der Waals surface area contributed by atoms with E-state index < -0.39 is 0 Å². The molecule has 3 rings (SSSR count). The Labute approximate surface area is 131 Å². The average Bonchev–Trinajstić information content (AvgIpc) is 3.21. The summed E-state index contributed by atoms with van der Waals surface area (Å²) in [6.07, 6.45) is 7.06. The molecule has 7 heteroatoms. The first-order chi connectivity index (χ1) is 10.7. The van der Waals surface area contributed by atoms with Crippen molar-refractivity contribution in [2.75, 3.05) is 39.8 Å². The number of rotatable bonds is 4. The molecule has 0 bridgehead atoms. The lowest BCUT2D eigenvalue weighted by Gasteiger charge is -2.38. The first-order valence-electron chi connectivity index (χ1n) is 8.08. The number of urea groups is 1. The van der Waals surface area contributed by atoms with Crippen LogP contribution in [-0.4, -0.2) is 71.7 Å². The number of carbonyl (C=O) groups is 1. The van der Waals surface area contributed by atoms with Crippen LogP contribution in [0.1, 0.15) is 31.1 Å². The maximum Gasteiger partial charge on any atom is 0.317 e. The Kier molecular flexibility index (Phi) is 4.94. The third-order valence-corrected chi connectivity index (χ3v) is 4.54. The van der Waals surface area contributed by atoms with Gasteiger partial charge in [0.15, 0.2) is 0 Å². The number of nitrogens with zero attached hydrogens (tertiary/aromatic N) is 3. The fraction of sp³-hybridized carbons (Fsp3) is 0.733. The highest BCUT2D eigenvalue weighted by molar-refractivity contribution is 5.74. The summed E-state index contributed by atoms with van der Waals surface area (Å²) in [5.74, 6) is 0.916.